The molecule has 0 saturated carbocycles. The number of hydrogen-bond donors (Lipinski definition) is 1. The van der Waals surface area contributed by atoms with Crippen molar-refractivity contribution in [3.05, 3.63) is 59.9 Å². The Morgan fingerprint density at radius 1 is 1.07 bits per heavy atom. The number of hydrogen-bond acceptors (Lipinski definition) is 4. The summed E-state index contributed by atoms with van der Waals surface area (Å²) >= 11 is 0. The lowest BCUT2D eigenvalue weighted by molar-refractivity contribution is -0.146. The monoisotopic (exact) mass is 372 g/mol. The van der Waals surface area contributed by atoms with Gasteiger partial charge in [0.2, 0.25) is 0 Å². The summed E-state index contributed by atoms with van der Waals surface area (Å²) < 4.78 is 17.8. The minimum Gasteiger partial charge on any atom is -0.455 e. The van der Waals surface area contributed by atoms with Gasteiger partial charge in [-0.15, -0.1) is 0 Å². The van der Waals surface area contributed by atoms with Gasteiger partial charge in [0, 0.05) is 24.0 Å². The average molecular weight is 372 g/mol. The van der Waals surface area contributed by atoms with Crippen molar-refractivity contribution in [2.75, 3.05) is 23.4 Å². The van der Waals surface area contributed by atoms with Crippen LogP contribution in [0, 0.1) is 5.82 Å². The third-order valence-electron chi connectivity index (χ3n) is 4.07. The maximum atomic E-state index is 12.8. The maximum absolute atomic E-state index is 12.8. The second kappa shape index (κ2) is 9.71. The predicted octanol–water partition coefficient (Wildman–Crippen LogP) is 3.78. The van der Waals surface area contributed by atoms with Crippen molar-refractivity contribution in [2.45, 2.75) is 33.2 Å². The van der Waals surface area contributed by atoms with E-state index in [0.29, 0.717) is 17.3 Å². The number of carbonyl (C=O) groups excluding carboxylic acids is 2. The molecule has 0 aliphatic rings. The van der Waals surface area contributed by atoms with E-state index in [4.69, 9.17) is 4.74 Å². The Morgan fingerprint density at radius 2 is 1.70 bits per heavy atom. The lowest BCUT2D eigenvalue weighted by Gasteiger charge is -2.27. The van der Waals surface area contributed by atoms with Gasteiger partial charge < -0.3 is 15.0 Å². The quantitative estimate of drug-likeness (QED) is 0.717. The number of amides is 1. The highest BCUT2D eigenvalue weighted by atomic mass is 19.1. The van der Waals surface area contributed by atoms with Crippen molar-refractivity contribution in [2.24, 2.45) is 0 Å². The van der Waals surface area contributed by atoms with Crippen LogP contribution in [0.3, 0.4) is 0 Å². The predicted molar refractivity (Wildman–Crippen MR) is 104 cm³/mol. The zero-order valence-corrected chi connectivity index (χ0v) is 15.9. The van der Waals surface area contributed by atoms with Gasteiger partial charge in [0.25, 0.3) is 5.91 Å². The Morgan fingerprint density at radius 3 is 2.26 bits per heavy atom. The van der Waals surface area contributed by atoms with E-state index in [-0.39, 0.29) is 18.8 Å². The van der Waals surface area contributed by atoms with E-state index in [1.807, 2.05) is 24.3 Å². The second-order valence-electron chi connectivity index (χ2n) is 6.44. The number of nitrogens with zero attached hydrogens (tertiary/aromatic N) is 1. The van der Waals surface area contributed by atoms with Crippen LogP contribution in [-0.4, -0.2) is 31.1 Å². The summed E-state index contributed by atoms with van der Waals surface area (Å²) in [5.41, 5.74) is 2.34. The minimum atomic E-state index is -0.539. The Labute approximate surface area is 159 Å². The first-order valence-electron chi connectivity index (χ1n) is 8.95. The fourth-order valence-electron chi connectivity index (χ4n) is 2.75. The molecule has 0 radical (unpaired) electrons. The van der Waals surface area contributed by atoms with Gasteiger partial charge in [-0.3, -0.25) is 9.59 Å². The van der Waals surface area contributed by atoms with Crippen LogP contribution >= 0.6 is 0 Å². The van der Waals surface area contributed by atoms with Crippen LogP contribution < -0.4 is 10.2 Å². The number of anilines is 2. The molecule has 0 atom stereocenters. The summed E-state index contributed by atoms with van der Waals surface area (Å²) in [7, 11) is 0. The van der Waals surface area contributed by atoms with Crippen LogP contribution in [0.2, 0.25) is 0 Å². The molecule has 0 saturated heterocycles. The summed E-state index contributed by atoms with van der Waals surface area (Å²) in [4.78, 5) is 26.0. The average Bonchev–Trinajstić information content (AvgIpc) is 2.64. The SMILES string of the molecule is CCN(c1ccc(NC(=O)COC(=O)Cc2ccc(F)cc2)cc1)C(C)C. The van der Waals surface area contributed by atoms with Crippen LogP contribution in [0.25, 0.3) is 0 Å². The van der Waals surface area contributed by atoms with E-state index in [2.05, 4.69) is 31.0 Å². The molecule has 2 aromatic carbocycles. The van der Waals surface area contributed by atoms with Gasteiger partial charge in [0.15, 0.2) is 6.61 Å². The second-order valence-corrected chi connectivity index (χ2v) is 6.44. The van der Waals surface area contributed by atoms with Crippen molar-refractivity contribution in [3.63, 3.8) is 0 Å². The van der Waals surface area contributed by atoms with Crippen molar-refractivity contribution in [3.8, 4) is 0 Å². The molecule has 0 heterocycles. The molecular weight excluding hydrogens is 347 g/mol. The number of esters is 1. The first-order valence-corrected chi connectivity index (χ1v) is 8.95. The molecule has 0 bridgehead atoms. The number of halogens is 1. The topological polar surface area (TPSA) is 58.6 Å². The Kier molecular flexibility index (Phi) is 7.34. The number of nitrogens with one attached hydrogen (secondary N) is 1. The van der Waals surface area contributed by atoms with Gasteiger partial charge in [-0.05, 0) is 62.7 Å². The molecule has 27 heavy (non-hydrogen) atoms. The molecule has 144 valence electrons. The standard InChI is InChI=1S/C21H25FN2O3/c1-4-24(15(2)3)19-11-9-18(10-12-19)23-20(25)14-27-21(26)13-16-5-7-17(22)8-6-16/h5-12,15H,4,13-14H2,1-3H3,(H,23,25). The molecule has 2 aromatic rings. The van der Waals surface area contributed by atoms with E-state index >= 15 is 0 Å². The third kappa shape index (κ3) is 6.40. The molecular formula is C21H25FN2O3. The van der Waals surface area contributed by atoms with Crippen LogP contribution in [0.4, 0.5) is 15.8 Å². The van der Waals surface area contributed by atoms with Crippen molar-refractivity contribution in [1.82, 2.24) is 0 Å². The fourth-order valence-corrected chi connectivity index (χ4v) is 2.75. The van der Waals surface area contributed by atoms with Gasteiger partial charge in [-0.25, -0.2) is 4.39 Å². The van der Waals surface area contributed by atoms with E-state index in [1.165, 1.54) is 24.3 Å². The van der Waals surface area contributed by atoms with Gasteiger partial charge in [0.1, 0.15) is 5.82 Å². The molecule has 5 nitrogen and oxygen atoms in total. The molecule has 0 aliphatic heterocycles. The van der Waals surface area contributed by atoms with Gasteiger partial charge >= 0.3 is 5.97 Å². The zero-order chi connectivity index (χ0) is 19.8. The minimum absolute atomic E-state index is 0.00961. The summed E-state index contributed by atoms with van der Waals surface area (Å²) in [6.45, 7) is 6.87. The Bertz CT molecular complexity index is 758. The highest BCUT2D eigenvalue weighted by Crippen LogP contribution is 2.19. The van der Waals surface area contributed by atoms with E-state index < -0.39 is 11.9 Å². The normalized spacial score (nSPS) is 10.6. The number of rotatable bonds is 8. The molecule has 0 spiro atoms. The van der Waals surface area contributed by atoms with Gasteiger partial charge in [-0.2, -0.15) is 0 Å². The molecule has 0 aromatic heterocycles. The number of carbonyl (C=O) groups is 2. The molecule has 2 rings (SSSR count). The first kappa shape index (κ1) is 20.4. The Balaban J connectivity index is 1.81. The Hall–Kier alpha value is -2.89. The smallest absolute Gasteiger partial charge is 0.310 e. The zero-order valence-electron chi connectivity index (χ0n) is 15.9. The summed E-state index contributed by atoms with van der Waals surface area (Å²) in [5, 5.41) is 2.70. The largest absolute Gasteiger partial charge is 0.455 e. The maximum Gasteiger partial charge on any atom is 0.310 e. The van der Waals surface area contributed by atoms with Crippen LogP contribution in [-0.2, 0) is 20.7 Å². The van der Waals surface area contributed by atoms with Crippen molar-refractivity contribution in [1.29, 1.82) is 0 Å². The van der Waals surface area contributed by atoms with E-state index in [0.717, 1.165) is 12.2 Å². The number of benzene rings is 2. The lowest BCUT2D eigenvalue weighted by atomic mass is 10.1. The van der Waals surface area contributed by atoms with Crippen LogP contribution in [0.15, 0.2) is 48.5 Å². The molecule has 1 amide bonds. The fraction of sp³-hybridized carbons (Fsp3) is 0.333. The van der Waals surface area contributed by atoms with Crippen molar-refractivity contribution >= 4 is 23.3 Å². The molecule has 6 heteroatoms. The van der Waals surface area contributed by atoms with Crippen molar-refractivity contribution < 1.29 is 18.7 Å². The molecule has 0 unspecified atom stereocenters. The molecule has 0 aliphatic carbocycles. The number of ether oxygens (including phenoxy) is 1. The highest BCUT2D eigenvalue weighted by Gasteiger charge is 2.11. The third-order valence-corrected chi connectivity index (χ3v) is 4.07. The molecule has 0 fully saturated rings. The van der Waals surface area contributed by atoms with Gasteiger partial charge in [-0.1, -0.05) is 12.1 Å². The summed E-state index contributed by atoms with van der Waals surface area (Å²) in [6, 6.07) is 13.5. The highest BCUT2D eigenvalue weighted by molar-refractivity contribution is 5.93. The van der Waals surface area contributed by atoms with E-state index in [9.17, 15) is 14.0 Å². The molecule has 1 N–H and O–H groups in total. The lowest BCUT2D eigenvalue weighted by Crippen LogP contribution is -2.30. The van der Waals surface area contributed by atoms with Crippen LogP contribution in [0.5, 0.6) is 0 Å². The van der Waals surface area contributed by atoms with E-state index in [1.54, 1.807) is 0 Å². The van der Waals surface area contributed by atoms with Gasteiger partial charge in [0.05, 0.1) is 6.42 Å². The summed E-state index contributed by atoms with van der Waals surface area (Å²) in [5.74, 6) is -1.32. The van der Waals surface area contributed by atoms with Crippen LogP contribution in [0.1, 0.15) is 26.3 Å². The summed E-state index contributed by atoms with van der Waals surface area (Å²) in [6.07, 6.45) is -0.00961. The first-order chi connectivity index (χ1) is 12.9.